The van der Waals surface area contributed by atoms with Crippen LogP contribution in [0.3, 0.4) is 0 Å². The third-order valence-corrected chi connectivity index (χ3v) is 4.91. The molecule has 2 aromatic carbocycles. The molecule has 0 aromatic heterocycles. The maximum absolute atomic E-state index is 2.38. The van der Waals surface area contributed by atoms with Gasteiger partial charge in [-0.1, -0.05) is 55.8 Å². The number of hydrogen-bond donors (Lipinski definition) is 0. The third-order valence-electron chi connectivity index (χ3n) is 3.66. The van der Waals surface area contributed by atoms with E-state index in [4.69, 9.17) is 0 Å². The van der Waals surface area contributed by atoms with Gasteiger partial charge in [0.2, 0.25) is 0 Å². The van der Waals surface area contributed by atoms with Crippen molar-refractivity contribution in [2.24, 2.45) is 5.92 Å². The van der Waals surface area contributed by atoms with Crippen LogP contribution in [0.5, 0.6) is 0 Å². The zero-order valence-corrected chi connectivity index (χ0v) is 14.6. The van der Waals surface area contributed by atoms with E-state index >= 15 is 0 Å². The number of aryl methyl sites for hydroxylation is 1. The Morgan fingerprint density at radius 2 is 1.67 bits per heavy atom. The van der Waals surface area contributed by atoms with Crippen molar-refractivity contribution in [3.05, 3.63) is 65.2 Å². The Morgan fingerprint density at radius 1 is 1.00 bits per heavy atom. The second-order valence-corrected chi connectivity index (χ2v) is 8.42. The second-order valence-electron chi connectivity index (χ2n) is 6.72. The summed E-state index contributed by atoms with van der Waals surface area (Å²) in [5.74, 6) is 0.702. The lowest BCUT2D eigenvalue weighted by Gasteiger charge is -2.25. The Bertz CT molecular complexity index is 579. The van der Waals surface area contributed by atoms with Crippen LogP contribution in [0, 0.1) is 12.8 Å². The first-order valence-electron chi connectivity index (χ1n) is 7.72. The summed E-state index contributed by atoms with van der Waals surface area (Å²) in [5.41, 5.74) is 4.17. The summed E-state index contributed by atoms with van der Waals surface area (Å²) >= 11 is 1.94. The molecule has 2 aromatic rings. The van der Waals surface area contributed by atoms with Crippen LogP contribution in [0.2, 0.25) is 0 Å². The molecule has 1 heteroatoms. The highest BCUT2D eigenvalue weighted by Crippen LogP contribution is 2.41. The molecular formula is C20H26S. The smallest absolute Gasteiger partial charge is 0.0399 e. The Labute approximate surface area is 134 Å². The van der Waals surface area contributed by atoms with Gasteiger partial charge in [0.05, 0.1) is 0 Å². The van der Waals surface area contributed by atoms with Gasteiger partial charge in [0.15, 0.2) is 0 Å². The normalized spacial score (nSPS) is 11.9. The largest absolute Gasteiger partial charge is 0.115 e. The van der Waals surface area contributed by atoms with Crippen LogP contribution in [0.25, 0.3) is 0 Å². The predicted molar refractivity (Wildman–Crippen MR) is 95.0 cm³/mol. The van der Waals surface area contributed by atoms with Crippen LogP contribution in [0.1, 0.15) is 44.4 Å². The van der Waals surface area contributed by atoms with Crippen molar-refractivity contribution >= 4 is 11.8 Å². The molecule has 0 saturated heterocycles. The predicted octanol–water partition coefficient (Wildman–Crippen LogP) is 6.22. The molecule has 0 amide bonds. The first-order chi connectivity index (χ1) is 9.87. The summed E-state index contributed by atoms with van der Waals surface area (Å²) in [6.07, 6.45) is 1.15. The lowest BCUT2D eigenvalue weighted by atomic mass is 9.96. The molecule has 0 N–H and O–H groups in total. The number of benzene rings is 2. The van der Waals surface area contributed by atoms with Crippen LogP contribution >= 0.6 is 11.8 Å². The Morgan fingerprint density at radius 3 is 2.29 bits per heavy atom. The minimum atomic E-state index is 0.0856. The molecule has 0 atom stereocenters. The summed E-state index contributed by atoms with van der Waals surface area (Å²) < 4.78 is 0.0856. The van der Waals surface area contributed by atoms with Crippen molar-refractivity contribution in [1.82, 2.24) is 0 Å². The average Bonchev–Trinajstić information content (AvgIpc) is 2.41. The molecule has 0 spiro atoms. The monoisotopic (exact) mass is 298 g/mol. The summed E-state index contributed by atoms with van der Waals surface area (Å²) in [6, 6.07) is 17.9. The van der Waals surface area contributed by atoms with Gasteiger partial charge in [0, 0.05) is 9.64 Å². The molecule has 0 heterocycles. The Balaban J connectivity index is 2.20. The fraction of sp³-hybridized carbons (Fsp3) is 0.400. The van der Waals surface area contributed by atoms with Crippen LogP contribution in [-0.2, 0) is 11.2 Å². The zero-order chi connectivity index (χ0) is 15.5. The van der Waals surface area contributed by atoms with E-state index in [9.17, 15) is 0 Å². The van der Waals surface area contributed by atoms with E-state index in [1.807, 2.05) is 11.8 Å². The van der Waals surface area contributed by atoms with Crippen molar-refractivity contribution in [2.45, 2.75) is 50.7 Å². The quantitative estimate of drug-likeness (QED) is 0.590. The topological polar surface area (TPSA) is 0 Å². The summed E-state index contributed by atoms with van der Waals surface area (Å²) in [6.45, 7) is 11.3. The molecule has 0 aliphatic carbocycles. The molecule has 0 fully saturated rings. The highest BCUT2D eigenvalue weighted by atomic mass is 32.2. The van der Waals surface area contributed by atoms with Gasteiger partial charge in [-0.15, -0.1) is 11.8 Å². The zero-order valence-electron chi connectivity index (χ0n) is 13.8. The fourth-order valence-corrected chi connectivity index (χ4v) is 3.61. The highest BCUT2D eigenvalue weighted by Gasteiger charge is 2.22. The van der Waals surface area contributed by atoms with Crippen LogP contribution in [0.4, 0.5) is 0 Å². The molecule has 0 unspecified atom stereocenters. The van der Waals surface area contributed by atoms with Crippen molar-refractivity contribution < 1.29 is 0 Å². The molecule has 0 saturated carbocycles. The SMILES string of the molecule is Cc1ccc(SC(C)(C)c2cccc(CC(C)C)c2)cc1. The fourth-order valence-electron chi connectivity index (χ4n) is 2.50. The first kappa shape index (κ1) is 16.2. The molecule has 0 bridgehead atoms. The van der Waals surface area contributed by atoms with E-state index < -0.39 is 0 Å². The minimum Gasteiger partial charge on any atom is -0.115 e. The van der Waals surface area contributed by atoms with Gasteiger partial charge in [0.1, 0.15) is 0 Å². The lowest BCUT2D eigenvalue weighted by molar-refractivity contribution is 0.645. The number of thioether (sulfide) groups is 1. The summed E-state index contributed by atoms with van der Waals surface area (Å²) in [4.78, 5) is 1.33. The van der Waals surface area contributed by atoms with Gasteiger partial charge in [-0.3, -0.25) is 0 Å². The molecule has 0 radical (unpaired) electrons. The van der Waals surface area contributed by atoms with Crippen LogP contribution in [0.15, 0.2) is 53.4 Å². The van der Waals surface area contributed by atoms with Crippen molar-refractivity contribution in [3.63, 3.8) is 0 Å². The molecule has 0 aliphatic heterocycles. The Hall–Kier alpha value is -1.21. The van der Waals surface area contributed by atoms with Crippen molar-refractivity contribution in [2.75, 3.05) is 0 Å². The Kier molecular flexibility index (Phi) is 5.16. The standard InChI is InChI=1S/C20H26S/c1-15(2)13-17-7-6-8-18(14-17)20(4,5)21-19-11-9-16(3)10-12-19/h6-12,14-15H,13H2,1-5H3. The van der Waals surface area contributed by atoms with Gasteiger partial charge in [-0.25, -0.2) is 0 Å². The summed E-state index contributed by atoms with van der Waals surface area (Å²) in [5, 5.41) is 0. The lowest BCUT2D eigenvalue weighted by Crippen LogP contribution is -2.12. The van der Waals surface area contributed by atoms with Crippen LogP contribution in [-0.4, -0.2) is 0 Å². The van der Waals surface area contributed by atoms with E-state index in [-0.39, 0.29) is 4.75 Å². The van der Waals surface area contributed by atoms with Crippen LogP contribution < -0.4 is 0 Å². The maximum Gasteiger partial charge on any atom is 0.0399 e. The van der Waals surface area contributed by atoms with E-state index in [1.165, 1.54) is 21.6 Å². The van der Waals surface area contributed by atoms with Gasteiger partial charge in [-0.05, 0) is 56.4 Å². The van der Waals surface area contributed by atoms with E-state index in [1.54, 1.807) is 0 Å². The van der Waals surface area contributed by atoms with Gasteiger partial charge in [-0.2, -0.15) is 0 Å². The van der Waals surface area contributed by atoms with E-state index in [2.05, 4.69) is 83.1 Å². The maximum atomic E-state index is 2.38. The van der Waals surface area contributed by atoms with Crippen molar-refractivity contribution in [3.8, 4) is 0 Å². The molecule has 0 nitrogen and oxygen atoms in total. The molecule has 2 rings (SSSR count). The minimum absolute atomic E-state index is 0.0856. The average molecular weight is 298 g/mol. The first-order valence-corrected chi connectivity index (χ1v) is 8.53. The number of rotatable bonds is 5. The summed E-state index contributed by atoms with van der Waals surface area (Å²) in [7, 11) is 0. The van der Waals surface area contributed by atoms with Gasteiger partial charge < -0.3 is 0 Å². The van der Waals surface area contributed by atoms with E-state index in [0.29, 0.717) is 5.92 Å². The molecular weight excluding hydrogens is 272 g/mol. The number of hydrogen-bond acceptors (Lipinski definition) is 1. The van der Waals surface area contributed by atoms with Crippen molar-refractivity contribution in [1.29, 1.82) is 0 Å². The van der Waals surface area contributed by atoms with Gasteiger partial charge >= 0.3 is 0 Å². The highest BCUT2D eigenvalue weighted by molar-refractivity contribution is 8.00. The second kappa shape index (κ2) is 6.70. The molecule has 0 aliphatic rings. The third kappa shape index (κ3) is 4.64. The molecule has 112 valence electrons. The van der Waals surface area contributed by atoms with Gasteiger partial charge in [0.25, 0.3) is 0 Å². The molecule has 21 heavy (non-hydrogen) atoms. The van der Waals surface area contributed by atoms with E-state index in [0.717, 1.165) is 6.42 Å².